The Bertz CT molecular complexity index is 389. The summed E-state index contributed by atoms with van der Waals surface area (Å²) in [5.41, 5.74) is 1.27. The molecule has 2 atom stereocenters. The van der Waals surface area contributed by atoms with Crippen molar-refractivity contribution in [3.63, 3.8) is 0 Å². The van der Waals surface area contributed by atoms with Crippen LogP contribution in [0.3, 0.4) is 0 Å². The van der Waals surface area contributed by atoms with E-state index >= 15 is 0 Å². The fourth-order valence-electron chi connectivity index (χ4n) is 2.42. The van der Waals surface area contributed by atoms with Gasteiger partial charge in [-0.15, -0.1) is 0 Å². The first-order valence-corrected chi connectivity index (χ1v) is 6.82. The Morgan fingerprint density at radius 2 is 2.32 bits per heavy atom. The molecule has 1 heterocycles. The van der Waals surface area contributed by atoms with E-state index in [0.29, 0.717) is 12.1 Å². The predicted octanol–water partition coefficient (Wildman–Crippen LogP) is 1.68. The van der Waals surface area contributed by atoms with Crippen LogP contribution in [0.2, 0.25) is 0 Å². The summed E-state index contributed by atoms with van der Waals surface area (Å²) in [6.45, 7) is 2.63. The molecule has 1 aromatic carbocycles. The Hall–Kier alpha value is -1.10. The molecule has 0 bridgehead atoms. The summed E-state index contributed by atoms with van der Waals surface area (Å²) in [5.74, 6) is 0.911. The molecule has 0 saturated carbocycles. The molecule has 1 aromatic rings. The number of hydrogen-bond acceptors (Lipinski definition) is 4. The molecule has 0 spiro atoms. The number of methoxy groups -OCH3 is 1. The first-order chi connectivity index (χ1) is 9.20. The maximum atomic E-state index is 5.40. The second kappa shape index (κ2) is 6.89. The molecule has 1 aliphatic heterocycles. The predicted molar refractivity (Wildman–Crippen MR) is 76.6 cm³/mol. The zero-order valence-electron chi connectivity index (χ0n) is 12.1. The van der Waals surface area contributed by atoms with Gasteiger partial charge < -0.3 is 19.7 Å². The quantitative estimate of drug-likeness (QED) is 0.847. The van der Waals surface area contributed by atoms with Crippen LogP contribution in [0.1, 0.15) is 18.0 Å². The van der Waals surface area contributed by atoms with E-state index in [9.17, 15) is 0 Å². The summed E-state index contributed by atoms with van der Waals surface area (Å²) >= 11 is 0. The van der Waals surface area contributed by atoms with Gasteiger partial charge in [0.2, 0.25) is 0 Å². The van der Waals surface area contributed by atoms with Crippen LogP contribution in [0.5, 0.6) is 5.75 Å². The molecule has 0 radical (unpaired) electrons. The second-order valence-corrected chi connectivity index (χ2v) is 5.22. The van der Waals surface area contributed by atoms with Crippen LogP contribution in [-0.2, 0) is 4.74 Å². The van der Waals surface area contributed by atoms with Gasteiger partial charge in [-0.25, -0.2) is 0 Å². The molecule has 19 heavy (non-hydrogen) atoms. The number of rotatable bonds is 6. The Labute approximate surface area is 115 Å². The van der Waals surface area contributed by atoms with Gasteiger partial charge in [-0.3, -0.25) is 0 Å². The zero-order valence-corrected chi connectivity index (χ0v) is 12.1. The van der Waals surface area contributed by atoms with Crippen LogP contribution >= 0.6 is 0 Å². The largest absolute Gasteiger partial charge is 0.497 e. The van der Waals surface area contributed by atoms with Crippen LogP contribution in [0.25, 0.3) is 0 Å². The second-order valence-electron chi connectivity index (χ2n) is 5.22. The maximum absolute atomic E-state index is 5.40. The minimum Gasteiger partial charge on any atom is -0.497 e. The Morgan fingerprint density at radius 3 is 2.95 bits per heavy atom. The molecule has 2 unspecified atom stereocenters. The first kappa shape index (κ1) is 14.3. The van der Waals surface area contributed by atoms with Gasteiger partial charge in [0.25, 0.3) is 0 Å². The molecule has 2 rings (SSSR count). The fraction of sp³-hybridized carbons (Fsp3) is 0.600. The van der Waals surface area contributed by atoms with E-state index in [1.165, 1.54) is 5.56 Å². The van der Waals surface area contributed by atoms with Gasteiger partial charge in [0.05, 0.1) is 13.7 Å². The molecular formula is C15H24N2O2. The average molecular weight is 264 g/mol. The topological polar surface area (TPSA) is 33.7 Å². The van der Waals surface area contributed by atoms with Gasteiger partial charge in [-0.2, -0.15) is 0 Å². The van der Waals surface area contributed by atoms with E-state index in [2.05, 4.69) is 36.4 Å². The maximum Gasteiger partial charge on any atom is 0.119 e. The number of hydrogen-bond donors (Lipinski definition) is 1. The molecule has 0 aromatic heterocycles. The SMILES string of the molecule is COc1cccc(C(CNC2CCOC2)N(C)C)c1. The Morgan fingerprint density at radius 1 is 1.47 bits per heavy atom. The van der Waals surface area contributed by atoms with Crippen LogP contribution in [0.15, 0.2) is 24.3 Å². The van der Waals surface area contributed by atoms with E-state index in [4.69, 9.17) is 9.47 Å². The van der Waals surface area contributed by atoms with Crippen molar-refractivity contribution >= 4 is 0 Å². The van der Waals surface area contributed by atoms with Crippen LogP contribution in [0.4, 0.5) is 0 Å². The van der Waals surface area contributed by atoms with E-state index in [1.807, 2.05) is 12.1 Å². The summed E-state index contributed by atoms with van der Waals surface area (Å²) in [6.07, 6.45) is 1.11. The lowest BCUT2D eigenvalue weighted by Crippen LogP contribution is -2.37. The van der Waals surface area contributed by atoms with Crippen molar-refractivity contribution in [2.24, 2.45) is 0 Å². The summed E-state index contributed by atoms with van der Waals surface area (Å²) in [7, 11) is 5.92. The molecule has 1 fully saturated rings. The number of likely N-dealkylation sites (N-methyl/N-ethyl adjacent to an activating group) is 1. The molecule has 0 amide bonds. The van der Waals surface area contributed by atoms with Gasteiger partial charge in [0.1, 0.15) is 5.75 Å². The highest BCUT2D eigenvalue weighted by Gasteiger charge is 2.19. The molecule has 4 nitrogen and oxygen atoms in total. The third kappa shape index (κ3) is 3.93. The monoisotopic (exact) mass is 264 g/mol. The Balaban J connectivity index is 2.01. The van der Waals surface area contributed by atoms with Crippen LogP contribution in [-0.4, -0.2) is 51.9 Å². The van der Waals surface area contributed by atoms with E-state index in [1.54, 1.807) is 7.11 Å². The smallest absolute Gasteiger partial charge is 0.119 e. The van der Waals surface area contributed by atoms with E-state index in [0.717, 1.165) is 31.9 Å². The highest BCUT2D eigenvalue weighted by Crippen LogP contribution is 2.22. The minimum absolute atomic E-state index is 0.343. The number of ether oxygens (including phenoxy) is 2. The minimum atomic E-state index is 0.343. The summed E-state index contributed by atoms with van der Waals surface area (Å²) in [4.78, 5) is 2.23. The molecule has 4 heteroatoms. The molecule has 1 saturated heterocycles. The van der Waals surface area contributed by atoms with Gasteiger partial charge in [-0.05, 0) is 38.2 Å². The van der Waals surface area contributed by atoms with Crippen molar-refractivity contribution in [1.29, 1.82) is 0 Å². The van der Waals surface area contributed by atoms with Crippen molar-refractivity contribution in [1.82, 2.24) is 10.2 Å². The zero-order chi connectivity index (χ0) is 13.7. The number of nitrogens with zero attached hydrogens (tertiary/aromatic N) is 1. The van der Waals surface area contributed by atoms with Crippen molar-refractivity contribution < 1.29 is 9.47 Å². The normalized spacial score (nSPS) is 20.7. The standard InChI is InChI=1S/C15H24N2O2/c1-17(2)15(10-16-13-7-8-19-11-13)12-5-4-6-14(9-12)18-3/h4-6,9,13,15-16H,7-8,10-11H2,1-3H3. The molecule has 1 aliphatic rings. The summed E-state index contributed by atoms with van der Waals surface area (Å²) in [6, 6.07) is 9.12. The van der Waals surface area contributed by atoms with Gasteiger partial charge in [0.15, 0.2) is 0 Å². The molecule has 106 valence electrons. The van der Waals surface area contributed by atoms with Gasteiger partial charge >= 0.3 is 0 Å². The van der Waals surface area contributed by atoms with Crippen LogP contribution in [0, 0.1) is 0 Å². The highest BCUT2D eigenvalue weighted by atomic mass is 16.5. The van der Waals surface area contributed by atoms with E-state index < -0.39 is 0 Å². The lowest BCUT2D eigenvalue weighted by molar-refractivity contribution is 0.187. The van der Waals surface area contributed by atoms with Gasteiger partial charge in [-0.1, -0.05) is 12.1 Å². The lowest BCUT2D eigenvalue weighted by Gasteiger charge is -2.26. The van der Waals surface area contributed by atoms with E-state index in [-0.39, 0.29) is 0 Å². The van der Waals surface area contributed by atoms with Crippen molar-refractivity contribution in [2.75, 3.05) is 41.0 Å². The van der Waals surface area contributed by atoms with Crippen LogP contribution < -0.4 is 10.1 Å². The average Bonchev–Trinajstić information content (AvgIpc) is 2.92. The van der Waals surface area contributed by atoms with Gasteiger partial charge in [0, 0.05) is 25.2 Å². The van der Waals surface area contributed by atoms with Crippen molar-refractivity contribution in [3.8, 4) is 5.75 Å². The summed E-state index contributed by atoms with van der Waals surface area (Å²) in [5, 5.41) is 3.59. The fourth-order valence-corrected chi connectivity index (χ4v) is 2.42. The highest BCUT2D eigenvalue weighted by molar-refractivity contribution is 5.30. The van der Waals surface area contributed by atoms with Crippen molar-refractivity contribution in [3.05, 3.63) is 29.8 Å². The number of nitrogens with one attached hydrogen (secondary N) is 1. The molecular weight excluding hydrogens is 240 g/mol. The van der Waals surface area contributed by atoms with Crippen molar-refractivity contribution in [2.45, 2.75) is 18.5 Å². The Kier molecular flexibility index (Phi) is 5.19. The number of benzene rings is 1. The lowest BCUT2D eigenvalue weighted by atomic mass is 10.1. The first-order valence-electron chi connectivity index (χ1n) is 6.82. The molecule has 1 N–H and O–H groups in total. The molecule has 0 aliphatic carbocycles. The third-order valence-corrected chi connectivity index (χ3v) is 3.63. The third-order valence-electron chi connectivity index (χ3n) is 3.63. The summed E-state index contributed by atoms with van der Waals surface area (Å²) < 4.78 is 10.7.